The first-order chi connectivity index (χ1) is 19.4. The highest BCUT2D eigenvalue weighted by atomic mass is 35.5. The molecule has 1 aliphatic heterocycles. The van der Waals surface area contributed by atoms with E-state index in [-0.39, 0.29) is 6.42 Å². The Hall–Kier alpha value is -3.92. The number of pyridine rings is 1. The van der Waals surface area contributed by atoms with Crippen molar-refractivity contribution in [3.63, 3.8) is 0 Å². The summed E-state index contributed by atoms with van der Waals surface area (Å²) in [5.74, 6) is -0.136. The Bertz CT molecular complexity index is 1700. The number of carboxylic acid groups (broad SMARTS) is 1. The van der Waals surface area contributed by atoms with Gasteiger partial charge in [-0.25, -0.2) is 15.0 Å². The van der Waals surface area contributed by atoms with E-state index >= 15 is 0 Å². The molecular formula is C30H27ClN6O2S. The third-order valence-corrected chi connectivity index (χ3v) is 8.59. The summed E-state index contributed by atoms with van der Waals surface area (Å²) in [6.07, 6.45) is 5.35. The molecule has 1 aliphatic rings. The van der Waals surface area contributed by atoms with Crippen LogP contribution in [0.4, 0.5) is 5.95 Å². The topological polar surface area (TPSA) is 95.3 Å². The lowest BCUT2D eigenvalue weighted by Crippen LogP contribution is -2.45. The maximum atomic E-state index is 11.8. The van der Waals surface area contributed by atoms with Gasteiger partial charge in [0.05, 0.1) is 22.3 Å². The minimum Gasteiger partial charge on any atom is -0.481 e. The molecule has 0 unspecified atom stereocenters. The zero-order valence-corrected chi connectivity index (χ0v) is 23.7. The van der Waals surface area contributed by atoms with Gasteiger partial charge >= 0.3 is 5.97 Å². The minimum absolute atomic E-state index is 0.0729. The number of benzene rings is 2. The third kappa shape index (κ3) is 5.28. The highest BCUT2D eigenvalue weighted by Gasteiger charge is 2.20. The van der Waals surface area contributed by atoms with Gasteiger partial charge in [0.2, 0.25) is 5.95 Å². The fraction of sp³-hybridized carbons (Fsp3) is 0.233. The summed E-state index contributed by atoms with van der Waals surface area (Å²) >= 11 is 7.70. The summed E-state index contributed by atoms with van der Waals surface area (Å²) in [5, 5.41) is 11.1. The number of halogens is 1. The first-order valence-corrected chi connectivity index (χ1v) is 14.2. The Kier molecular flexibility index (Phi) is 7.18. The van der Waals surface area contributed by atoms with E-state index in [2.05, 4.69) is 31.8 Å². The van der Waals surface area contributed by atoms with Gasteiger partial charge in [-0.05, 0) is 61.0 Å². The molecule has 0 spiro atoms. The van der Waals surface area contributed by atoms with Crippen molar-refractivity contribution in [2.75, 3.05) is 38.1 Å². The van der Waals surface area contributed by atoms with Crippen molar-refractivity contribution in [2.24, 2.45) is 0 Å². The van der Waals surface area contributed by atoms with Crippen LogP contribution in [0.3, 0.4) is 0 Å². The van der Waals surface area contributed by atoms with Gasteiger partial charge < -0.3 is 14.9 Å². The number of carboxylic acids is 1. The molecule has 40 heavy (non-hydrogen) atoms. The van der Waals surface area contributed by atoms with Crippen molar-refractivity contribution in [1.29, 1.82) is 0 Å². The van der Waals surface area contributed by atoms with Crippen LogP contribution in [0.25, 0.3) is 43.2 Å². The quantitative estimate of drug-likeness (QED) is 0.273. The monoisotopic (exact) mass is 570 g/mol. The number of rotatable bonds is 6. The van der Waals surface area contributed by atoms with E-state index in [0.717, 1.165) is 86.4 Å². The Morgan fingerprint density at radius 1 is 0.975 bits per heavy atom. The lowest BCUT2D eigenvalue weighted by Gasteiger charge is -2.32. The van der Waals surface area contributed by atoms with Gasteiger partial charge in [-0.3, -0.25) is 9.78 Å². The second-order valence-electron chi connectivity index (χ2n) is 9.98. The molecule has 6 rings (SSSR count). The largest absolute Gasteiger partial charge is 0.481 e. The number of aromatic nitrogens is 4. The molecule has 3 aromatic heterocycles. The van der Waals surface area contributed by atoms with Gasteiger partial charge in [-0.15, -0.1) is 11.3 Å². The minimum atomic E-state index is -0.873. The average Bonchev–Trinajstić information content (AvgIpc) is 3.38. The van der Waals surface area contributed by atoms with E-state index in [1.54, 1.807) is 17.5 Å². The summed E-state index contributed by atoms with van der Waals surface area (Å²) in [5.41, 5.74) is 6.83. The molecule has 8 nitrogen and oxygen atoms in total. The number of hydrogen-bond acceptors (Lipinski definition) is 8. The van der Waals surface area contributed by atoms with Crippen LogP contribution in [-0.2, 0) is 11.2 Å². The van der Waals surface area contributed by atoms with Crippen LogP contribution in [0.15, 0.2) is 61.1 Å². The van der Waals surface area contributed by atoms with Crippen LogP contribution in [0.5, 0.6) is 0 Å². The second-order valence-corrected chi connectivity index (χ2v) is 11.4. The Balaban J connectivity index is 1.37. The molecule has 1 N–H and O–H groups in total. The number of hydrogen-bond donors (Lipinski definition) is 1. The normalized spacial score (nSPS) is 14.1. The molecule has 2 aromatic carbocycles. The van der Waals surface area contributed by atoms with Crippen LogP contribution in [0, 0.1) is 6.92 Å². The van der Waals surface area contributed by atoms with Gasteiger partial charge in [-0.2, -0.15) is 0 Å². The van der Waals surface area contributed by atoms with E-state index in [0.29, 0.717) is 5.02 Å². The van der Waals surface area contributed by atoms with E-state index in [1.807, 2.05) is 61.8 Å². The van der Waals surface area contributed by atoms with Crippen LogP contribution in [-0.4, -0.2) is 69.1 Å². The van der Waals surface area contributed by atoms with Crippen molar-refractivity contribution >= 4 is 45.1 Å². The van der Waals surface area contributed by atoms with Crippen LogP contribution in [0.1, 0.15) is 11.1 Å². The Labute approximate surface area is 240 Å². The molecular weight excluding hydrogens is 544 g/mol. The molecule has 1 fully saturated rings. The zero-order valence-electron chi connectivity index (χ0n) is 22.1. The van der Waals surface area contributed by atoms with E-state index in [1.165, 1.54) is 0 Å². The zero-order chi connectivity index (χ0) is 27.8. The molecule has 202 valence electrons. The fourth-order valence-electron chi connectivity index (χ4n) is 5.00. The molecule has 0 saturated carbocycles. The number of piperazine rings is 1. The van der Waals surface area contributed by atoms with Crippen molar-refractivity contribution in [2.45, 2.75) is 13.3 Å². The molecule has 0 bridgehead atoms. The van der Waals surface area contributed by atoms with Gasteiger partial charge in [0.25, 0.3) is 0 Å². The molecule has 0 atom stereocenters. The lowest BCUT2D eigenvalue weighted by atomic mass is 9.93. The Morgan fingerprint density at radius 2 is 1.70 bits per heavy atom. The first-order valence-electron chi connectivity index (χ1n) is 13.0. The number of aliphatic carboxylic acids is 1. The molecule has 4 heterocycles. The number of carbonyl (C=O) groups is 1. The third-order valence-electron chi connectivity index (χ3n) is 7.20. The number of thiazole rings is 1. The van der Waals surface area contributed by atoms with E-state index in [4.69, 9.17) is 16.6 Å². The highest BCUT2D eigenvalue weighted by Crippen LogP contribution is 2.41. The molecule has 10 heteroatoms. The SMILES string of the molecule is Cc1cc2nc(-c3ccnc(-c4cnc(N5CCN(C)CC5)nc4)c3)sc2c(-c2ccc(Cl)cc2)c1CC(=O)O. The van der Waals surface area contributed by atoms with Gasteiger partial charge in [0, 0.05) is 66.5 Å². The van der Waals surface area contributed by atoms with E-state index < -0.39 is 5.97 Å². The molecule has 5 aromatic rings. The van der Waals surface area contributed by atoms with Crippen LogP contribution >= 0.6 is 22.9 Å². The smallest absolute Gasteiger partial charge is 0.307 e. The predicted molar refractivity (Wildman–Crippen MR) is 160 cm³/mol. The predicted octanol–water partition coefficient (Wildman–Crippen LogP) is 5.82. The molecule has 0 amide bonds. The van der Waals surface area contributed by atoms with Crippen LogP contribution < -0.4 is 4.90 Å². The maximum Gasteiger partial charge on any atom is 0.307 e. The second kappa shape index (κ2) is 10.9. The number of anilines is 1. The number of fused-ring (bicyclic) bond motifs is 1. The first kappa shape index (κ1) is 26.3. The number of aryl methyl sites for hydroxylation is 1. The summed E-state index contributed by atoms with van der Waals surface area (Å²) in [6.45, 7) is 5.74. The van der Waals surface area contributed by atoms with Gasteiger partial charge in [0.15, 0.2) is 0 Å². The molecule has 0 radical (unpaired) electrons. The summed E-state index contributed by atoms with van der Waals surface area (Å²) in [7, 11) is 2.13. The number of nitrogens with zero attached hydrogens (tertiary/aromatic N) is 6. The lowest BCUT2D eigenvalue weighted by molar-refractivity contribution is -0.136. The van der Waals surface area contributed by atoms with Crippen LogP contribution in [0.2, 0.25) is 5.02 Å². The fourth-order valence-corrected chi connectivity index (χ4v) is 6.26. The summed E-state index contributed by atoms with van der Waals surface area (Å²) < 4.78 is 0.942. The highest BCUT2D eigenvalue weighted by molar-refractivity contribution is 7.22. The Morgan fingerprint density at radius 3 is 2.40 bits per heavy atom. The maximum absolute atomic E-state index is 11.8. The summed E-state index contributed by atoms with van der Waals surface area (Å²) in [6, 6.07) is 13.4. The van der Waals surface area contributed by atoms with Crippen molar-refractivity contribution in [3.8, 4) is 33.0 Å². The standard InChI is InChI=1S/C30H27ClN6O2S/c1-18-13-25-28(27(23(18)15-26(38)39)19-3-5-22(31)6-4-19)40-29(35-25)20-7-8-32-24(14-20)21-16-33-30(34-17-21)37-11-9-36(2)10-12-37/h3-8,13-14,16-17H,9-12,15H2,1-2H3,(H,38,39). The van der Waals surface area contributed by atoms with Crippen molar-refractivity contribution < 1.29 is 9.90 Å². The average molecular weight is 571 g/mol. The number of likely N-dealkylation sites (N-methyl/N-ethyl adjacent to an activating group) is 1. The van der Waals surface area contributed by atoms with Gasteiger partial charge in [0.1, 0.15) is 5.01 Å². The summed E-state index contributed by atoms with van der Waals surface area (Å²) in [4.78, 5) is 35.0. The molecule has 1 saturated heterocycles. The van der Waals surface area contributed by atoms with Crippen molar-refractivity contribution in [3.05, 3.63) is 77.2 Å². The van der Waals surface area contributed by atoms with Crippen molar-refractivity contribution in [1.82, 2.24) is 24.8 Å². The van der Waals surface area contributed by atoms with E-state index in [9.17, 15) is 9.90 Å². The molecule has 0 aliphatic carbocycles. The van der Waals surface area contributed by atoms with Gasteiger partial charge in [-0.1, -0.05) is 23.7 Å².